The monoisotopic (exact) mass is 247 g/mol. The number of hydrogen-bond acceptors (Lipinski definition) is 4. The van der Waals surface area contributed by atoms with Gasteiger partial charge in [0.2, 0.25) is 0 Å². The molecule has 0 amide bonds. The molecule has 1 rings (SSSR count). The molecule has 0 saturated heterocycles. The predicted octanol–water partition coefficient (Wildman–Crippen LogP) is 2.32. The van der Waals surface area contributed by atoms with Crippen molar-refractivity contribution < 1.29 is 9.90 Å². The minimum Gasteiger partial charge on any atom is -0.480 e. The minimum atomic E-state index is -1.08. The van der Waals surface area contributed by atoms with Crippen molar-refractivity contribution in [2.24, 2.45) is 0 Å². The quantitative estimate of drug-likeness (QED) is 0.833. The van der Waals surface area contributed by atoms with Gasteiger partial charge in [-0.3, -0.25) is 0 Å². The normalized spacial score (nSPS) is 10.8. The van der Waals surface area contributed by atoms with Crippen LogP contribution in [0.2, 0.25) is 0 Å². The van der Waals surface area contributed by atoms with Crippen LogP contribution in [0.15, 0.2) is 12.3 Å². The third kappa shape index (κ3) is 2.43. The van der Waals surface area contributed by atoms with E-state index in [0.717, 1.165) is 5.56 Å². The molecule has 0 spiro atoms. The van der Waals surface area contributed by atoms with Crippen LogP contribution in [-0.2, 0) is 4.79 Å². The van der Waals surface area contributed by atoms with Crippen molar-refractivity contribution in [3.63, 3.8) is 0 Å². The smallest absolute Gasteiger partial charge is 0.329 e. The van der Waals surface area contributed by atoms with Gasteiger partial charge in [-0.05, 0) is 31.4 Å². The fourth-order valence-corrected chi connectivity index (χ4v) is 1.80. The number of aromatic nitrogens is 1. The number of aliphatic carboxylic acids is 1. The van der Waals surface area contributed by atoms with E-state index in [4.69, 9.17) is 5.26 Å². The summed E-state index contributed by atoms with van der Waals surface area (Å²) in [6, 6.07) is 3.78. The Bertz CT molecular complexity index is 487. The van der Waals surface area contributed by atoms with Crippen molar-refractivity contribution in [1.29, 1.82) is 5.26 Å². The first-order chi connectivity index (χ1) is 8.50. The van der Waals surface area contributed by atoms with Crippen molar-refractivity contribution in [1.82, 2.24) is 4.98 Å². The van der Waals surface area contributed by atoms with E-state index in [1.165, 1.54) is 0 Å². The average molecular weight is 247 g/mol. The number of nitriles is 1. The number of nitrogens with one attached hydrogen (secondary N) is 1. The fourth-order valence-electron chi connectivity index (χ4n) is 1.80. The third-order valence-electron chi connectivity index (χ3n) is 3.25. The highest BCUT2D eigenvalue weighted by atomic mass is 16.4. The summed E-state index contributed by atoms with van der Waals surface area (Å²) in [6.07, 6.45) is 2.40. The number of anilines is 1. The summed E-state index contributed by atoms with van der Waals surface area (Å²) >= 11 is 0. The maximum absolute atomic E-state index is 11.4. The second-order valence-corrected chi connectivity index (χ2v) is 4.18. The number of carboxylic acid groups (broad SMARTS) is 1. The fraction of sp³-hybridized carbons (Fsp3) is 0.462. The van der Waals surface area contributed by atoms with Gasteiger partial charge in [0, 0.05) is 6.20 Å². The van der Waals surface area contributed by atoms with Crippen LogP contribution in [0, 0.1) is 18.3 Å². The van der Waals surface area contributed by atoms with Gasteiger partial charge in [-0.1, -0.05) is 13.8 Å². The Morgan fingerprint density at radius 1 is 1.56 bits per heavy atom. The topological polar surface area (TPSA) is 86.0 Å². The van der Waals surface area contributed by atoms with E-state index in [-0.39, 0.29) is 0 Å². The zero-order valence-corrected chi connectivity index (χ0v) is 10.8. The van der Waals surface area contributed by atoms with Crippen LogP contribution in [0.3, 0.4) is 0 Å². The lowest BCUT2D eigenvalue weighted by Gasteiger charge is -2.29. The molecule has 0 aliphatic carbocycles. The Balaban J connectivity index is 3.21. The SMILES string of the molecule is CCC(CC)(Nc1nccc(C)c1C#N)C(=O)O. The van der Waals surface area contributed by atoms with Crippen molar-refractivity contribution in [3.05, 3.63) is 23.4 Å². The van der Waals surface area contributed by atoms with E-state index < -0.39 is 11.5 Å². The molecule has 0 unspecified atom stereocenters. The molecule has 0 radical (unpaired) electrons. The second-order valence-electron chi connectivity index (χ2n) is 4.18. The molecule has 0 saturated carbocycles. The lowest BCUT2D eigenvalue weighted by molar-refractivity contribution is -0.142. The van der Waals surface area contributed by atoms with Crippen LogP contribution in [0.4, 0.5) is 5.82 Å². The number of pyridine rings is 1. The van der Waals surface area contributed by atoms with Crippen LogP contribution in [0.1, 0.15) is 37.8 Å². The zero-order valence-electron chi connectivity index (χ0n) is 10.8. The van der Waals surface area contributed by atoms with Gasteiger partial charge in [0.1, 0.15) is 17.4 Å². The molecule has 0 aromatic carbocycles. The third-order valence-corrected chi connectivity index (χ3v) is 3.25. The maximum Gasteiger partial charge on any atom is 0.329 e. The summed E-state index contributed by atoms with van der Waals surface area (Å²) in [5, 5.41) is 21.4. The second kappa shape index (κ2) is 5.50. The highest BCUT2D eigenvalue weighted by molar-refractivity contribution is 5.83. The molecule has 1 heterocycles. The number of rotatable bonds is 5. The van der Waals surface area contributed by atoms with Gasteiger partial charge >= 0.3 is 5.97 Å². The molecule has 0 aliphatic rings. The van der Waals surface area contributed by atoms with Crippen molar-refractivity contribution in [3.8, 4) is 6.07 Å². The summed E-state index contributed by atoms with van der Waals surface area (Å²) in [7, 11) is 0. The summed E-state index contributed by atoms with van der Waals surface area (Å²) in [5.74, 6) is -0.594. The van der Waals surface area contributed by atoms with E-state index in [0.29, 0.717) is 24.2 Å². The Kier molecular flexibility index (Phi) is 4.27. The number of carbonyl (C=O) groups is 1. The van der Waals surface area contributed by atoms with Crippen LogP contribution in [0.5, 0.6) is 0 Å². The lowest BCUT2D eigenvalue weighted by Crippen LogP contribution is -2.45. The van der Waals surface area contributed by atoms with Gasteiger partial charge in [-0.15, -0.1) is 0 Å². The number of aryl methyl sites for hydroxylation is 1. The number of hydrogen-bond donors (Lipinski definition) is 2. The molecular formula is C13H17N3O2. The molecule has 0 bridgehead atoms. The molecule has 96 valence electrons. The predicted molar refractivity (Wildman–Crippen MR) is 68.3 cm³/mol. The largest absolute Gasteiger partial charge is 0.480 e. The van der Waals surface area contributed by atoms with Crippen molar-refractivity contribution in [2.75, 3.05) is 5.32 Å². The first-order valence-electron chi connectivity index (χ1n) is 5.88. The zero-order chi connectivity index (χ0) is 13.8. The molecule has 1 aromatic rings. The molecule has 18 heavy (non-hydrogen) atoms. The lowest BCUT2D eigenvalue weighted by atomic mass is 9.92. The van der Waals surface area contributed by atoms with Crippen molar-refractivity contribution in [2.45, 2.75) is 39.2 Å². The standard InChI is InChI=1S/C13H17N3O2/c1-4-13(5-2,12(17)18)16-11-10(8-14)9(3)6-7-15-11/h6-7H,4-5H2,1-3H3,(H,15,16)(H,17,18). The minimum absolute atomic E-state index is 0.337. The van der Waals surface area contributed by atoms with Crippen LogP contribution >= 0.6 is 0 Å². The molecular weight excluding hydrogens is 230 g/mol. The maximum atomic E-state index is 11.4. The highest BCUT2D eigenvalue weighted by Gasteiger charge is 2.35. The highest BCUT2D eigenvalue weighted by Crippen LogP contribution is 2.24. The van der Waals surface area contributed by atoms with Gasteiger partial charge in [0.25, 0.3) is 0 Å². The van der Waals surface area contributed by atoms with Crippen LogP contribution in [0.25, 0.3) is 0 Å². The van der Waals surface area contributed by atoms with Gasteiger partial charge < -0.3 is 10.4 Å². The van der Waals surface area contributed by atoms with Crippen LogP contribution in [-0.4, -0.2) is 21.6 Å². The Hall–Kier alpha value is -2.09. The van der Waals surface area contributed by atoms with E-state index >= 15 is 0 Å². The summed E-state index contributed by atoms with van der Waals surface area (Å²) in [5.41, 5.74) is 0.0957. The first-order valence-corrected chi connectivity index (χ1v) is 5.88. The van der Waals surface area contributed by atoms with Gasteiger partial charge in [0.15, 0.2) is 0 Å². The van der Waals surface area contributed by atoms with E-state index in [9.17, 15) is 9.90 Å². The molecule has 5 heteroatoms. The summed E-state index contributed by atoms with van der Waals surface area (Å²) in [4.78, 5) is 15.5. The van der Waals surface area contributed by atoms with Crippen LogP contribution < -0.4 is 5.32 Å². The van der Waals surface area contributed by atoms with Gasteiger partial charge in [0.05, 0.1) is 5.56 Å². The molecule has 1 aromatic heterocycles. The van der Waals surface area contributed by atoms with E-state index in [1.54, 1.807) is 33.0 Å². The molecule has 0 aliphatic heterocycles. The Labute approximate surface area is 106 Å². The first kappa shape index (κ1) is 14.0. The molecule has 2 N–H and O–H groups in total. The Morgan fingerprint density at radius 3 is 2.61 bits per heavy atom. The molecule has 0 fully saturated rings. The van der Waals surface area contributed by atoms with E-state index in [2.05, 4.69) is 16.4 Å². The van der Waals surface area contributed by atoms with E-state index in [1.807, 2.05) is 0 Å². The summed E-state index contributed by atoms with van der Waals surface area (Å²) in [6.45, 7) is 5.39. The molecule has 5 nitrogen and oxygen atoms in total. The Morgan fingerprint density at radius 2 is 2.17 bits per heavy atom. The van der Waals surface area contributed by atoms with Gasteiger partial charge in [-0.2, -0.15) is 5.26 Å². The molecule has 0 atom stereocenters. The summed E-state index contributed by atoms with van der Waals surface area (Å²) < 4.78 is 0. The average Bonchev–Trinajstić information content (AvgIpc) is 2.35. The van der Waals surface area contributed by atoms with Gasteiger partial charge in [-0.25, -0.2) is 9.78 Å². The number of nitrogens with zero attached hydrogens (tertiary/aromatic N) is 2. The number of carboxylic acids is 1. The van der Waals surface area contributed by atoms with Crippen molar-refractivity contribution >= 4 is 11.8 Å².